The van der Waals surface area contributed by atoms with Gasteiger partial charge in [-0.25, -0.2) is 0 Å². The molecule has 0 bridgehead atoms. The Morgan fingerprint density at radius 1 is 1.34 bits per heavy atom. The molecule has 2 heterocycles. The molecule has 1 amide bonds. The number of benzene rings is 1. The summed E-state index contributed by atoms with van der Waals surface area (Å²) in [4.78, 5) is 23.2. The van der Waals surface area contributed by atoms with Gasteiger partial charge < -0.3 is 10.1 Å². The fraction of sp³-hybridized carbons (Fsp3) is 0.176. The van der Waals surface area contributed by atoms with Gasteiger partial charge in [-0.3, -0.25) is 19.6 Å². The van der Waals surface area contributed by atoms with Gasteiger partial charge in [0.05, 0.1) is 29.5 Å². The van der Waals surface area contributed by atoms with E-state index in [2.05, 4.69) is 10.4 Å². The van der Waals surface area contributed by atoms with Crippen LogP contribution in [0.25, 0.3) is 0 Å². The number of nitro benzene ring substituents is 1. The number of halogens is 3. The summed E-state index contributed by atoms with van der Waals surface area (Å²) in [5.74, 6) is -0.309. The number of nitro groups is 1. The Morgan fingerprint density at radius 3 is 2.72 bits per heavy atom. The average Bonchev–Trinajstić information content (AvgIpc) is 3.31. The Hall–Kier alpha value is -3.41. The van der Waals surface area contributed by atoms with E-state index in [-0.39, 0.29) is 28.5 Å². The van der Waals surface area contributed by atoms with Crippen LogP contribution in [0.1, 0.15) is 20.9 Å². The molecule has 1 N–H and O–H groups in total. The van der Waals surface area contributed by atoms with Crippen LogP contribution in [0.5, 0.6) is 5.75 Å². The molecule has 0 radical (unpaired) electrons. The van der Waals surface area contributed by atoms with Crippen LogP contribution in [0.15, 0.2) is 41.9 Å². The van der Waals surface area contributed by atoms with Crippen LogP contribution in [0, 0.1) is 10.1 Å². The largest absolute Gasteiger partial charge is 0.496 e. The predicted octanol–water partition coefficient (Wildman–Crippen LogP) is 4.18. The fourth-order valence-corrected chi connectivity index (χ4v) is 3.24. The van der Waals surface area contributed by atoms with Gasteiger partial charge in [0, 0.05) is 6.20 Å². The van der Waals surface area contributed by atoms with Crippen LogP contribution in [-0.2, 0) is 12.7 Å². The maximum atomic E-state index is 12.6. The van der Waals surface area contributed by atoms with E-state index in [1.807, 2.05) is 0 Å². The summed E-state index contributed by atoms with van der Waals surface area (Å²) >= 11 is 1.06. The number of anilines is 1. The molecule has 2 aromatic heterocycles. The van der Waals surface area contributed by atoms with Crippen molar-refractivity contribution in [2.24, 2.45) is 0 Å². The maximum absolute atomic E-state index is 12.6. The number of carbonyl (C=O) groups is 1. The highest BCUT2D eigenvalue weighted by atomic mass is 32.1. The molecule has 29 heavy (non-hydrogen) atoms. The van der Waals surface area contributed by atoms with Crippen molar-refractivity contribution in [1.29, 1.82) is 0 Å². The van der Waals surface area contributed by atoms with E-state index in [0.717, 1.165) is 22.1 Å². The highest BCUT2D eigenvalue weighted by Crippen LogP contribution is 2.30. The highest BCUT2D eigenvalue weighted by Gasteiger charge is 2.33. The molecule has 0 aliphatic rings. The van der Waals surface area contributed by atoms with Crippen molar-refractivity contribution in [3.8, 4) is 5.75 Å². The van der Waals surface area contributed by atoms with Gasteiger partial charge in [0.25, 0.3) is 11.6 Å². The lowest BCUT2D eigenvalue weighted by Gasteiger charge is -2.06. The zero-order valence-electron chi connectivity index (χ0n) is 14.8. The summed E-state index contributed by atoms with van der Waals surface area (Å²) in [5.41, 5.74) is -0.762. The van der Waals surface area contributed by atoms with Gasteiger partial charge in [-0.05, 0) is 35.2 Å². The topological polar surface area (TPSA) is 99.3 Å². The smallest absolute Gasteiger partial charge is 0.435 e. The molecule has 0 atom stereocenters. The SMILES string of the molecule is COc1ccc(NC(=O)c2cc(Cn3ccc(C(F)(F)F)n3)cs2)c([N+](=O)[O-])c1. The monoisotopic (exact) mass is 426 g/mol. The molecule has 0 saturated carbocycles. The number of thiophene rings is 1. The second-order valence-electron chi connectivity index (χ2n) is 5.81. The molecule has 0 unspecified atom stereocenters. The van der Waals surface area contributed by atoms with Crippen LogP contribution in [0.3, 0.4) is 0 Å². The summed E-state index contributed by atoms with van der Waals surface area (Å²) < 4.78 is 43.9. The van der Waals surface area contributed by atoms with Gasteiger partial charge in [-0.2, -0.15) is 18.3 Å². The van der Waals surface area contributed by atoms with E-state index in [1.54, 1.807) is 5.38 Å². The third-order valence-electron chi connectivity index (χ3n) is 3.80. The molecule has 12 heteroatoms. The van der Waals surface area contributed by atoms with Gasteiger partial charge in [0.1, 0.15) is 11.4 Å². The van der Waals surface area contributed by atoms with E-state index >= 15 is 0 Å². The predicted molar refractivity (Wildman–Crippen MR) is 98.3 cm³/mol. The molecule has 8 nitrogen and oxygen atoms in total. The number of hydrogen-bond donors (Lipinski definition) is 1. The summed E-state index contributed by atoms with van der Waals surface area (Å²) in [5, 5.41) is 18.7. The molecular formula is C17H13F3N4O4S. The standard InChI is InChI=1S/C17H13F3N4O4S/c1-28-11-2-3-12(13(7-11)24(26)27)21-16(25)14-6-10(9-29-14)8-23-5-4-15(22-23)17(18,19)20/h2-7,9H,8H2,1H3,(H,21,25). The van der Waals surface area contributed by atoms with Crippen LogP contribution in [-0.4, -0.2) is 27.7 Å². The van der Waals surface area contributed by atoms with Gasteiger partial charge in [0.2, 0.25) is 0 Å². The first kappa shape index (κ1) is 20.3. The minimum atomic E-state index is -4.53. The lowest BCUT2D eigenvalue weighted by atomic mass is 10.2. The quantitative estimate of drug-likeness (QED) is 0.471. The average molecular weight is 426 g/mol. The normalized spacial score (nSPS) is 11.3. The molecule has 0 aliphatic heterocycles. The van der Waals surface area contributed by atoms with Crippen molar-refractivity contribution >= 4 is 28.6 Å². The third-order valence-corrected chi connectivity index (χ3v) is 4.78. The molecule has 1 aromatic carbocycles. The second-order valence-corrected chi connectivity index (χ2v) is 6.72. The minimum absolute atomic E-state index is 0.00218. The van der Waals surface area contributed by atoms with E-state index in [9.17, 15) is 28.1 Å². The summed E-state index contributed by atoms with van der Waals surface area (Å²) in [6.45, 7) is 0.0442. The first-order chi connectivity index (χ1) is 13.7. The van der Waals surface area contributed by atoms with Crippen LogP contribution in [0.4, 0.5) is 24.5 Å². The van der Waals surface area contributed by atoms with Crippen molar-refractivity contribution in [2.75, 3.05) is 12.4 Å². The van der Waals surface area contributed by atoms with Crippen molar-refractivity contribution in [1.82, 2.24) is 9.78 Å². The Bertz CT molecular complexity index is 1060. The summed E-state index contributed by atoms with van der Waals surface area (Å²) in [6.07, 6.45) is -3.33. The van der Waals surface area contributed by atoms with Crippen LogP contribution >= 0.6 is 11.3 Å². The first-order valence-corrected chi connectivity index (χ1v) is 8.87. The highest BCUT2D eigenvalue weighted by molar-refractivity contribution is 7.12. The number of nitrogens with zero attached hydrogens (tertiary/aromatic N) is 3. The van der Waals surface area contributed by atoms with E-state index in [4.69, 9.17) is 4.74 Å². The van der Waals surface area contributed by atoms with Gasteiger partial charge in [0.15, 0.2) is 5.69 Å². The molecule has 3 rings (SSSR count). The number of aromatic nitrogens is 2. The summed E-state index contributed by atoms with van der Waals surface area (Å²) in [6, 6.07) is 6.36. The van der Waals surface area contributed by atoms with Crippen LogP contribution in [0.2, 0.25) is 0 Å². The third kappa shape index (κ3) is 4.71. The molecular weight excluding hydrogens is 413 g/mol. The number of alkyl halides is 3. The van der Waals surface area contributed by atoms with Crippen molar-refractivity contribution in [2.45, 2.75) is 12.7 Å². The number of nitrogens with one attached hydrogen (secondary N) is 1. The van der Waals surface area contributed by atoms with E-state index in [1.165, 1.54) is 37.6 Å². The lowest BCUT2D eigenvalue weighted by molar-refractivity contribution is -0.384. The number of amides is 1. The molecule has 3 aromatic rings. The second kappa shape index (κ2) is 7.91. The minimum Gasteiger partial charge on any atom is -0.496 e. The summed E-state index contributed by atoms with van der Waals surface area (Å²) in [7, 11) is 1.36. The van der Waals surface area contributed by atoms with E-state index in [0.29, 0.717) is 5.56 Å². The van der Waals surface area contributed by atoms with Crippen LogP contribution < -0.4 is 10.1 Å². The molecule has 0 saturated heterocycles. The lowest BCUT2D eigenvalue weighted by Crippen LogP contribution is -2.12. The Morgan fingerprint density at radius 2 is 2.10 bits per heavy atom. The Balaban J connectivity index is 1.73. The van der Waals surface area contributed by atoms with Gasteiger partial charge in [-0.15, -0.1) is 11.3 Å². The first-order valence-electron chi connectivity index (χ1n) is 7.99. The fourth-order valence-electron chi connectivity index (χ4n) is 2.44. The number of methoxy groups -OCH3 is 1. The molecule has 0 aliphatic carbocycles. The van der Waals surface area contributed by atoms with Gasteiger partial charge >= 0.3 is 6.18 Å². The molecule has 0 spiro atoms. The van der Waals surface area contributed by atoms with Crippen molar-refractivity contribution in [3.05, 3.63) is 68.2 Å². The number of rotatable bonds is 6. The number of hydrogen-bond acceptors (Lipinski definition) is 6. The van der Waals surface area contributed by atoms with Crippen molar-refractivity contribution < 1.29 is 27.6 Å². The number of ether oxygens (including phenoxy) is 1. The van der Waals surface area contributed by atoms with E-state index < -0.39 is 22.7 Å². The Labute approximate surface area is 165 Å². The zero-order valence-corrected chi connectivity index (χ0v) is 15.6. The number of carbonyl (C=O) groups excluding carboxylic acids is 1. The van der Waals surface area contributed by atoms with Gasteiger partial charge in [-0.1, -0.05) is 0 Å². The van der Waals surface area contributed by atoms with Crippen molar-refractivity contribution in [3.63, 3.8) is 0 Å². The molecule has 0 fully saturated rings. The maximum Gasteiger partial charge on any atom is 0.435 e. The zero-order chi connectivity index (χ0) is 21.2. The Kier molecular flexibility index (Phi) is 5.55. The molecule has 152 valence electrons.